The van der Waals surface area contributed by atoms with Crippen LogP contribution in [-0.4, -0.2) is 21.6 Å². The minimum atomic E-state index is -3.76. The van der Waals surface area contributed by atoms with Gasteiger partial charge in [0.25, 0.3) is 10.0 Å². The van der Waals surface area contributed by atoms with Crippen LogP contribution in [0.25, 0.3) is 0 Å². The van der Waals surface area contributed by atoms with E-state index >= 15 is 0 Å². The predicted octanol–water partition coefficient (Wildman–Crippen LogP) is 3.80. The topological polar surface area (TPSA) is 46.6 Å². The number of hydrogen-bond donors (Lipinski definition) is 0. The molecule has 0 bridgehead atoms. The molecular weight excluding hydrogens is 334 g/mol. The number of sulfonamides is 1. The van der Waals surface area contributed by atoms with Crippen molar-refractivity contribution in [1.29, 1.82) is 0 Å². The van der Waals surface area contributed by atoms with Crippen LogP contribution in [-0.2, 0) is 16.4 Å². The largest absolute Gasteiger partial charge is 0.495 e. The van der Waals surface area contributed by atoms with Crippen molar-refractivity contribution in [1.82, 2.24) is 0 Å². The maximum Gasteiger partial charge on any atom is 0.268 e. The number of fused-ring (bicyclic) bond motifs is 1. The van der Waals surface area contributed by atoms with Crippen LogP contribution in [0, 0.1) is 6.92 Å². The Hall–Kier alpha value is -1.72. The van der Waals surface area contributed by atoms with E-state index < -0.39 is 10.0 Å². The van der Waals surface area contributed by atoms with Crippen molar-refractivity contribution in [2.45, 2.75) is 31.2 Å². The van der Waals surface area contributed by atoms with Crippen LogP contribution in [0.15, 0.2) is 41.3 Å². The first-order valence-electron chi connectivity index (χ1n) is 7.32. The van der Waals surface area contributed by atoms with E-state index in [1.807, 2.05) is 38.1 Å². The van der Waals surface area contributed by atoms with E-state index in [1.54, 1.807) is 6.07 Å². The number of rotatable bonds is 3. The van der Waals surface area contributed by atoms with Crippen molar-refractivity contribution in [3.63, 3.8) is 0 Å². The SMILES string of the molecule is COc1cc(C)c(Cl)cc1S(=O)(=O)N1c2ccccc2C[C@@H]1C. The standard InChI is InChI=1S/C17H18ClNO3S/c1-11-8-16(22-3)17(10-14(11)18)23(20,21)19-12(2)9-13-6-4-5-7-15(13)19/h4-8,10,12H,9H2,1-3H3/t12-/m0/s1. The normalized spacial score (nSPS) is 17.2. The second-order valence-electron chi connectivity index (χ2n) is 5.73. The van der Waals surface area contributed by atoms with E-state index in [0.29, 0.717) is 17.2 Å². The molecule has 0 unspecified atom stereocenters. The van der Waals surface area contributed by atoms with E-state index in [-0.39, 0.29) is 10.9 Å². The first-order chi connectivity index (χ1) is 10.9. The van der Waals surface area contributed by atoms with Gasteiger partial charge in [0.05, 0.1) is 12.8 Å². The Morgan fingerprint density at radius 3 is 2.65 bits per heavy atom. The Morgan fingerprint density at radius 1 is 1.26 bits per heavy atom. The molecule has 0 aromatic heterocycles. The van der Waals surface area contributed by atoms with Crippen LogP contribution in [0.4, 0.5) is 5.69 Å². The third-order valence-corrected chi connectivity index (χ3v) is 6.48. The number of nitrogens with zero attached hydrogens (tertiary/aromatic N) is 1. The van der Waals surface area contributed by atoms with Crippen molar-refractivity contribution in [3.05, 3.63) is 52.5 Å². The van der Waals surface area contributed by atoms with Crippen LogP contribution in [0.5, 0.6) is 5.75 Å². The molecule has 6 heteroatoms. The third-order valence-electron chi connectivity index (χ3n) is 4.13. The molecular formula is C17H18ClNO3S. The summed E-state index contributed by atoms with van der Waals surface area (Å²) in [6.07, 6.45) is 0.692. The lowest BCUT2D eigenvalue weighted by Crippen LogP contribution is -2.36. The zero-order chi connectivity index (χ0) is 16.8. The highest BCUT2D eigenvalue weighted by molar-refractivity contribution is 7.93. The van der Waals surface area contributed by atoms with Gasteiger partial charge in [-0.05, 0) is 49.6 Å². The van der Waals surface area contributed by atoms with Gasteiger partial charge in [0.15, 0.2) is 0 Å². The highest BCUT2D eigenvalue weighted by Gasteiger charge is 2.37. The number of halogens is 1. The quantitative estimate of drug-likeness (QED) is 0.845. The van der Waals surface area contributed by atoms with E-state index in [1.165, 1.54) is 17.5 Å². The lowest BCUT2D eigenvalue weighted by molar-refractivity contribution is 0.402. The third kappa shape index (κ3) is 2.58. The predicted molar refractivity (Wildman–Crippen MR) is 92.0 cm³/mol. The van der Waals surface area contributed by atoms with E-state index in [4.69, 9.17) is 16.3 Å². The van der Waals surface area contributed by atoms with Crippen molar-refractivity contribution < 1.29 is 13.2 Å². The molecule has 1 atom stereocenters. The molecule has 1 aliphatic heterocycles. The molecule has 2 aromatic carbocycles. The molecule has 0 saturated heterocycles. The van der Waals surface area contributed by atoms with Crippen molar-refractivity contribution in [3.8, 4) is 5.75 Å². The molecule has 3 rings (SSSR count). The van der Waals surface area contributed by atoms with Gasteiger partial charge in [-0.1, -0.05) is 29.8 Å². The fraction of sp³-hybridized carbons (Fsp3) is 0.294. The number of para-hydroxylation sites is 1. The number of methoxy groups -OCH3 is 1. The number of aryl methyl sites for hydroxylation is 1. The Morgan fingerprint density at radius 2 is 1.96 bits per heavy atom. The minimum absolute atomic E-state index is 0.0964. The van der Waals surface area contributed by atoms with Gasteiger partial charge in [0.2, 0.25) is 0 Å². The van der Waals surface area contributed by atoms with Gasteiger partial charge in [-0.3, -0.25) is 4.31 Å². The molecule has 2 aromatic rings. The van der Waals surface area contributed by atoms with Gasteiger partial charge in [0.1, 0.15) is 10.6 Å². The van der Waals surface area contributed by atoms with Gasteiger partial charge >= 0.3 is 0 Å². The molecule has 1 heterocycles. The first-order valence-corrected chi connectivity index (χ1v) is 9.14. The molecule has 0 amide bonds. The molecule has 1 aliphatic rings. The highest BCUT2D eigenvalue weighted by atomic mass is 35.5. The summed E-state index contributed by atoms with van der Waals surface area (Å²) in [4.78, 5) is 0.0964. The maximum atomic E-state index is 13.2. The van der Waals surface area contributed by atoms with Crippen LogP contribution < -0.4 is 9.04 Å². The Balaban J connectivity index is 2.19. The van der Waals surface area contributed by atoms with Gasteiger partial charge in [-0.2, -0.15) is 0 Å². The summed E-state index contributed by atoms with van der Waals surface area (Å²) in [5.41, 5.74) is 2.52. The lowest BCUT2D eigenvalue weighted by atomic mass is 10.1. The maximum absolute atomic E-state index is 13.2. The molecule has 23 heavy (non-hydrogen) atoms. The summed E-state index contributed by atoms with van der Waals surface area (Å²) < 4.78 is 33.2. The Bertz CT molecular complexity index is 864. The second kappa shape index (κ2) is 5.73. The molecule has 0 saturated carbocycles. The molecule has 0 spiro atoms. The van der Waals surface area contributed by atoms with Gasteiger partial charge in [-0.15, -0.1) is 0 Å². The van der Waals surface area contributed by atoms with Crippen LogP contribution >= 0.6 is 11.6 Å². The minimum Gasteiger partial charge on any atom is -0.495 e. The number of benzene rings is 2. The smallest absolute Gasteiger partial charge is 0.268 e. The van der Waals surface area contributed by atoms with Crippen LogP contribution in [0.2, 0.25) is 5.02 Å². The summed E-state index contributed by atoms with van der Waals surface area (Å²) in [7, 11) is -2.30. The van der Waals surface area contributed by atoms with Gasteiger partial charge in [0, 0.05) is 11.1 Å². The van der Waals surface area contributed by atoms with E-state index in [0.717, 1.165) is 16.8 Å². The molecule has 0 aliphatic carbocycles. The van der Waals surface area contributed by atoms with Crippen LogP contribution in [0.1, 0.15) is 18.1 Å². The number of hydrogen-bond acceptors (Lipinski definition) is 3. The van der Waals surface area contributed by atoms with E-state index in [2.05, 4.69) is 0 Å². The number of ether oxygens (including phenoxy) is 1. The summed E-state index contributed by atoms with van der Waals surface area (Å²) in [6, 6.07) is 10.5. The molecule has 0 radical (unpaired) electrons. The fourth-order valence-electron chi connectivity index (χ4n) is 3.01. The van der Waals surface area contributed by atoms with Gasteiger partial charge in [-0.25, -0.2) is 8.42 Å². The van der Waals surface area contributed by atoms with E-state index in [9.17, 15) is 8.42 Å². The lowest BCUT2D eigenvalue weighted by Gasteiger charge is -2.25. The summed E-state index contributed by atoms with van der Waals surface area (Å²) >= 11 is 6.15. The Kier molecular flexibility index (Phi) is 4.02. The average Bonchev–Trinajstić information content (AvgIpc) is 2.85. The zero-order valence-corrected chi connectivity index (χ0v) is 14.8. The first kappa shape index (κ1) is 16.1. The molecule has 0 N–H and O–H groups in total. The van der Waals surface area contributed by atoms with Crippen molar-refractivity contribution in [2.24, 2.45) is 0 Å². The second-order valence-corrected chi connectivity index (χ2v) is 7.93. The fourth-order valence-corrected chi connectivity index (χ4v) is 5.10. The highest BCUT2D eigenvalue weighted by Crippen LogP contribution is 2.40. The summed E-state index contributed by atoms with van der Waals surface area (Å²) in [6.45, 7) is 3.72. The molecule has 4 nitrogen and oxygen atoms in total. The van der Waals surface area contributed by atoms with Gasteiger partial charge < -0.3 is 4.74 Å². The van der Waals surface area contributed by atoms with Crippen molar-refractivity contribution in [2.75, 3.05) is 11.4 Å². The molecule has 122 valence electrons. The van der Waals surface area contributed by atoms with Crippen molar-refractivity contribution >= 4 is 27.3 Å². The monoisotopic (exact) mass is 351 g/mol. The zero-order valence-electron chi connectivity index (χ0n) is 13.2. The molecule has 0 fully saturated rings. The van der Waals surface area contributed by atoms with Crippen LogP contribution in [0.3, 0.4) is 0 Å². The average molecular weight is 352 g/mol. The Labute approximate surface area is 141 Å². The summed E-state index contributed by atoms with van der Waals surface area (Å²) in [5.74, 6) is 0.309. The summed E-state index contributed by atoms with van der Waals surface area (Å²) in [5, 5.41) is 0.407. The number of anilines is 1.